The van der Waals surface area contributed by atoms with Gasteiger partial charge in [0.1, 0.15) is 0 Å². The summed E-state index contributed by atoms with van der Waals surface area (Å²) in [5.41, 5.74) is 0. The third-order valence-electron chi connectivity index (χ3n) is 1.26. The Hall–Kier alpha value is 0.518. The molecule has 1 aliphatic rings. The Morgan fingerprint density at radius 2 is 2.00 bits per heavy atom. The molecule has 0 aliphatic heterocycles. The third kappa shape index (κ3) is 6.57. The van der Waals surface area contributed by atoms with E-state index in [2.05, 4.69) is 32.0 Å². The van der Waals surface area contributed by atoms with Crippen LogP contribution in [0.2, 0.25) is 0 Å². The zero-order valence-corrected chi connectivity index (χ0v) is 11.3. The summed E-state index contributed by atoms with van der Waals surface area (Å²) in [5, 5.41) is 0. The molecule has 0 saturated carbocycles. The Morgan fingerprint density at radius 1 is 1.23 bits per heavy atom. The molecular weight excluding hydrogens is 334 g/mol. The molecule has 0 aromatic heterocycles. The molecule has 0 bridgehead atoms. The fourth-order valence-electron chi connectivity index (χ4n) is 0.713. The molecule has 1 aliphatic carbocycles. The first-order valence-corrected chi connectivity index (χ1v) is 5.28. The molecule has 0 N–H and O–H groups in total. The van der Waals surface area contributed by atoms with E-state index >= 15 is 0 Å². The molecule has 4 radical (unpaired) electrons. The van der Waals surface area contributed by atoms with Gasteiger partial charge in [0, 0.05) is 0 Å². The summed E-state index contributed by atoms with van der Waals surface area (Å²) < 4.78 is 2.44. The molecule has 0 atom stereocenters. The summed E-state index contributed by atoms with van der Waals surface area (Å²) in [6.45, 7) is 0. The summed E-state index contributed by atoms with van der Waals surface area (Å²) in [7, 11) is 0. The first kappa shape index (κ1) is 13.5. The summed E-state index contributed by atoms with van der Waals surface area (Å²) in [5.74, 6) is 0. The van der Waals surface area contributed by atoms with Gasteiger partial charge in [-0.25, -0.2) is 0 Å². The van der Waals surface area contributed by atoms with Crippen molar-refractivity contribution in [3.8, 4) is 0 Å². The standard InChI is InChI=1S/2C5H4Se.Fe/c2*6-5-3-1-2-4-5;/h2*1-4H;/q2*-1;+2. The van der Waals surface area contributed by atoms with E-state index in [1.165, 1.54) is 8.93 Å². The quantitative estimate of drug-likeness (QED) is 0.485. The normalized spacial score (nSPS) is 13.1. The number of hydrogen-bond donors (Lipinski definition) is 0. The van der Waals surface area contributed by atoms with Crippen molar-refractivity contribution >= 4 is 36.5 Å². The molecule has 1 aromatic carbocycles. The second kappa shape index (κ2) is 7.88. The predicted octanol–water partition coefficient (Wildman–Crippen LogP) is 0.862. The minimum atomic E-state index is 0. The van der Waals surface area contributed by atoms with E-state index in [1.807, 2.05) is 49.6 Å². The van der Waals surface area contributed by atoms with Crippen molar-refractivity contribution in [1.29, 1.82) is 0 Å². The van der Waals surface area contributed by atoms with E-state index < -0.39 is 0 Å². The van der Waals surface area contributed by atoms with Gasteiger partial charge >= 0.3 is 108 Å². The van der Waals surface area contributed by atoms with Crippen LogP contribution in [0.15, 0.2) is 34.8 Å². The molecule has 0 saturated heterocycles. The second-order valence-electron chi connectivity index (χ2n) is 2.24. The molecule has 3 heteroatoms. The van der Waals surface area contributed by atoms with E-state index in [0.717, 1.165) is 0 Å². The Labute approximate surface area is 107 Å². The van der Waals surface area contributed by atoms with Gasteiger partial charge < -0.3 is 0 Å². The van der Waals surface area contributed by atoms with Gasteiger partial charge in [-0.3, -0.25) is 0 Å². The van der Waals surface area contributed by atoms with Crippen LogP contribution < -0.4 is 4.46 Å². The van der Waals surface area contributed by atoms with Crippen molar-refractivity contribution in [3.05, 3.63) is 54.1 Å². The van der Waals surface area contributed by atoms with Crippen molar-refractivity contribution in [2.24, 2.45) is 0 Å². The SMILES string of the molecule is [Fe+2].[Se]C1=C[CH][CH][CH-]1.[Se]c1ccc[cH-]1. The van der Waals surface area contributed by atoms with Crippen molar-refractivity contribution in [2.45, 2.75) is 0 Å². The number of rotatable bonds is 0. The summed E-state index contributed by atoms with van der Waals surface area (Å²) in [4.78, 5) is 0. The molecule has 0 unspecified atom stereocenters. The van der Waals surface area contributed by atoms with Gasteiger partial charge in [-0.2, -0.15) is 0 Å². The van der Waals surface area contributed by atoms with Gasteiger partial charge in [0.05, 0.1) is 0 Å². The van der Waals surface area contributed by atoms with Crippen LogP contribution in [0.25, 0.3) is 0 Å². The minimum absolute atomic E-state index is 0. The van der Waals surface area contributed by atoms with E-state index in [0.29, 0.717) is 0 Å². The molecule has 68 valence electrons. The molecule has 0 spiro atoms. The van der Waals surface area contributed by atoms with Crippen LogP contribution in [0.3, 0.4) is 0 Å². The van der Waals surface area contributed by atoms with Crippen LogP contribution in [0.5, 0.6) is 0 Å². The number of hydrogen-bond acceptors (Lipinski definition) is 0. The molecule has 1 aromatic rings. The van der Waals surface area contributed by atoms with Gasteiger partial charge in [0.25, 0.3) is 0 Å². The maximum atomic E-state index is 2.88. The van der Waals surface area contributed by atoms with Gasteiger partial charge in [0.15, 0.2) is 0 Å². The Balaban J connectivity index is 0.000000206. The summed E-state index contributed by atoms with van der Waals surface area (Å²) in [6, 6.07) is 8.07. The van der Waals surface area contributed by atoms with Crippen molar-refractivity contribution in [3.63, 3.8) is 0 Å². The van der Waals surface area contributed by atoms with E-state index in [4.69, 9.17) is 0 Å². The van der Waals surface area contributed by atoms with E-state index in [-0.39, 0.29) is 17.1 Å². The molecular formula is C10H8FeSe2. The van der Waals surface area contributed by atoms with E-state index in [9.17, 15) is 0 Å². The van der Waals surface area contributed by atoms with Crippen molar-refractivity contribution in [1.82, 2.24) is 0 Å². The van der Waals surface area contributed by atoms with Crippen LogP contribution in [0, 0.1) is 19.3 Å². The van der Waals surface area contributed by atoms with Crippen LogP contribution >= 0.6 is 0 Å². The molecule has 13 heavy (non-hydrogen) atoms. The van der Waals surface area contributed by atoms with Crippen LogP contribution in [-0.2, 0) is 17.1 Å². The van der Waals surface area contributed by atoms with Crippen molar-refractivity contribution < 1.29 is 17.1 Å². The van der Waals surface area contributed by atoms with E-state index in [1.54, 1.807) is 0 Å². The summed E-state index contributed by atoms with van der Waals surface area (Å²) in [6.07, 6.45) is 8.07. The van der Waals surface area contributed by atoms with Gasteiger partial charge in [-0.05, 0) is 0 Å². The van der Waals surface area contributed by atoms with Gasteiger partial charge in [-0.1, -0.05) is 0 Å². The molecule has 0 fully saturated rings. The Bertz CT molecular complexity index is 239. The van der Waals surface area contributed by atoms with Crippen LogP contribution in [-0.4, -0.2) is 32.0 Å². The Morgan fingerprint density at radius 3 is 2.15 bits per heavy atom. The monoisotopic (exact) mass is 344 g/mol. The zero-order chi connectivity index (χ0) is 8.81. The first-order valence-electron chi connectivity index (χ1n) is 3.56. The predicted molar refractivity (Wildman–Crippen MR) is 54.2 cm³/mol. The average Bonchev–Trinajstić information content (AvgIpc) is 2.63. The maximum absolute atomic E-state index is 2.88. The fourth-order valence-corrected chi connectivity index (χ4v) is 1.37. The molecule has 0 nitrogen and oxygen atoms in total. The zero-order valence-electron chi connectivity index (χ0n) is 6.79. The number of allylic oxidation sites excluding steroid dienone is 2. The molecule has 2 rings (SSSR count). The molecule has 0 heterocycles. The summed E-state index contributed by atoms with van der Waals surface area (Å²) >= 11 is 5.76. The fraction of sp³-hybridized carbons (Fsp3) is 0. The third-order valence-corrected chi connectivity index (χ3v) is 2.41. The van der Waals surface area contributed by atoms with Crippen LogP contribution in [0.1, 0.15) is 0 Å². The average molecular weight is 342 g/mol. The first-order chi connectivity index (χ1) is 5.79. The second-order valence-corrected chi connectivity index (χ2v) is 4.22. The molecule has 0 amide bonds. The van der Waals surface area contributed by atoms with Crippen molar-refractivity contribution in [2.75, 3.05) is 0 Å². The van der Waals surface area contributed by atoms with Crippen LogP contribution in [0.4, 0.5) is 0 Å². The topological polar surface area (TPSA) is 0 Å². The van der Waals surface area contributed by atoms with Gasteiger partial charge in [-0.15, -0.1) is 0 Å². The Kier molecular flexibility index (Phi) is 8.19. The van der Waals surface area contributed by atoms with Gasteiger partial charge in [0.2, 0.25) is 0 Å².